The first kappa shape index (κ1) is 10.8. The number of nitrogens with two attached hydrogens (primary N) is 1. The molecule has 0 heterocycles. The van der Waals surface area contributed by atoms with Crippen LogP contribution >= 0.6 is 0 Å². The van der Waals surface area contributed by atoms with Crippen LogP contribution in [-0.4, -0.2) is 13.2 Å². The molecular weight excluding hydrogens is 174 g/mol. The van der Waals surface area contributed by atoms with Crippen molar-refractivity contribution in [1.82, 2.24) is 0 Å². The molecule has 2 nitrogen and oxygen atoms in total. The maximum Gasteiger partial charge on any atom is 0.118 e. The fourth-order valence-corrected chi connectivity index (χ4v) is 1.09. The van der Waals surface area contributed by atoms with Crippen LogP contribution in [0.4, 0.5) is 0 Å². The van der Waals surface area contributed by atoms with Gasteiger partial charge in [0, 0.05) is 6.04 Å². The van der Waals surface area contributed by atoms with Crippen LogP contribution in [0.15, 0.2) is 29.8 Å². The first-order valence-corrected chi connectivity index (χ1v) is 4.71. The fraction of sp³-hybridized carbons (Fsp3) is 0.333. The Balaban J connectivity index is 2.83. The Morgan fingerprint density at radius 2 is 1.93 bits per heavy atom. The van der Waals surface area contributed by atoms with Gasteiger partial charge in [-0.3, -0.25) is 0 Å². The van der Waals surface area contributed by atoms with Gasteiger partial charge in [-0.05, 0) is 31.5 Å². The van der Waals surface area contributed by atoms with E-state index in [0.717, 1.165) is 11.3 Å². The Hall–Kier alpha value is -1.28. The van der Waals surface area contributed by atoms with Crippen molar-refractivity contribution in [3.8, 4) is 5.75 Å². The average molecular weight is 191 g/mol. The summed E-state index contributed by atoms with van der Waals surface area (Å²) >= 11 is 0. The van der Waals surface area contributed by atoms with E-state index in [2.05, 4.69) is 6.08 Å². The molecule has 76 valence electrons. The highest BCUT2D eigenvalue weighted by Gasteiger charge is 1.97. The summed E-state index contributed by atoms with van der Waals surface area (Å²) in [5.41, 5.74) is 8.08. The van der Waals surface area contributed by atoms with Gasteiger partial charge in [0.25, 0.3) is 0 Å². The molecule has 14 heavy (non-hydrogen) atoms. The topological polar surface area (TPSA) is 35.2 Å². The van der Waals surface area contributed by atoms with Gasteiger partial charge in [0.05, 0.1) is 7.11 Å². The minimum Gasteiger partial charge on any atom is -0.497 e. The summed E-state index contributed by atoms with van der Waals surface area (Å²) in [6.45, 7) is 4.02. The number of methoxy groups -OCH3 is 1. The van der Waals surface area contributed by atoms with Gasteiger partial charge in [0.1, 0.15) is 5.75 Å². The van der Waals surface area contributed by atoms with Crippen molar-refractivity contribution >= 4 is 6.08 Å². The molecule has 0 saturated carbocycles. The summed E-state index contributed by atoms with van der Waals surface area (Å²) in [6.07, 6.45) is 2.09. The number of rotatable bonds is 3. The molecule has 0 saturated heterocycles. The second-order valence-electron chi connectivity index (χ2n) is 3.45. The van der Waals surface area contributed by atoms with Gasteiger partial charge in [-0.15, -0.1) is 0 Å². The highest BCUT2D eigenvalue weighted by molar-refractivity contribution is 5.54. The van der Waals surface area contributed by atoms with E-state index in [1.807, 2.05) is 38.1 Å². The Labute approximate surface area is 85.4 Å². The van der Waals surface area contributed by atoms with Crippen LogP contribution in [0.2, 0.25) is 0 Å². The molecule has 0 aliphatic heterocycles. The van der Waals surface area contributed by atoms with Crippen molar-refractivity contribution in [1.29, 1.82) is 0 Å². The van der Waals surface area contributed by atoms with E-state index in [1.54, 1.807) is 7.11 Å². The Morgan fingerprint density at radius 3 is 2.36 bits per heavy atom. The molecule has 0 fully saturated rings. The Bertz CT molecular complexity index is 312. The van der Waals surface area contributed by atoms with Crippen LogP contribution < -0.4 is 10.5 Å². The lowest BCUT2D eigenvalue weighted by Gasteiger charge is -2.05. The molecule has 0 amide bonds. The second-order valence-corrected chi connectivity index (χ2v) is 3.45. The van der Waals surface area contributed by atoms with Gasteiger partial charge >= 0.3 is 0 Å². The van der Waals surface area contributed by atoms with Crippen molar-refractivity contribution in [2.75, 3.05) is 7.11 Å². The molecule has 2 N–H and O–H groups in total. The predicted molar refractivity (Wildman–Crippen MR) is 60.3 cm³/mol. The van der Waals surface area contributed by atoms with E-state index in [1.165, 1.54) is 5.57 Å². The zero-order chi connectivity index (χ0) is 10.6. The standard InChI is InChI=1S/C12H17NO/c1-9(10(2)13)8-11-4-6-12(14-3)7-5-11/h4-8,10H,13H2,1-3H3/b9-8+/t10-/m1/s1. The van der Waals surface area contributed by atoms with E-state index >= 15 is 0 Å². The molecular formula is C12H17NO. The van der Waals surface area contributed by atoms with Gasteiger partial charge in [0.2, 0.25) is 0 Å². The fourth-order valence-electron chi connectivity index (χ4n) is 1.09. The Morgan fingerprint density at radius 1 is 1.36 bits per heavy atom. The minimum absolute atomic E-state index is 0.108. The average Bonchev–Trinajstić information content (AvgIpc) is 2.19. The number of hydrogen-bond donors (Lipinski definition) is 1. The summed E-state index contributed by atoms with van der Waals surface area (Å²) in [5.74, 6) is 0.876. The van der Waals surface area contributed by atoms with Crippen LogP contribution in [-0.2, 0) is 0 Å². The number of benzene rings is 1. The third-order valence-electron chi connectivity index (χ3n) is 2.23. The normalized spacial score (nSPS) is 13.9. The summed E-state index contributed by atoms with van der Waals surface area (Å²) in [6, 6.07) is 8.04. The first-order chi connectivity index (χ1) is 6.63. The lowest BCUT2D eigenvalue weighted by Crippen LogP contribution is -2.15. The largest absolute Gasteiger partial charge is 0.497 e. The van der Waals surface area contributed by atoms with Crippen molar-refractivity contribution in [2.24, 2.45) is 5.73 Å². The second kappa shape index (κ2) is 4.82. The third kappa shape index (κ3) is 2.89. The van der Waals surface area contributed by atoms with Crippen molar-refractivity contribution in [2.45, 2.75) is 19.9 Å². The van der Waals surface area contributed by atoms with E-state index in [9.17, 15) is 0 Å². The van der Waals surface area contributed by atoms with E-state index in [4.69, 9.17) is 10.5 Å². The van der Waals surface area contributed by atoms with Crippen molar-refractivity contribution in [3.05, 3.63) is 35.4 Å². The quantitative estimate of drug-likeness (QED) is 0.796. The van der Waals surface area contributed by atoms with E-state index in [-0.39, 0.29) is 6.04 Å². The molecule has 1 atom stereocenters. The van der Waals surface area contributed by atoms with E-state index in [0.29, 0.717) is 0 Å². The van der Waals surface area contributed by atoms with Gasteiger partial charge in [0.15, 0.2) is 0 Å². The highest BCUT2D eigenvalue weighted by atomic mass is 16.5. The SMILES string of the molecule is COc1ccc(/C=C(\C)[C@@H](C)N)cc1. The molecule has 0 bridgehead atoms. The molecule has 0 unspecified atom stereocenters. The molecule has 0 spiro atoms. The molecule has 1 aromatic carbocycles. The lowest BCUT2D eigenvalue weighted by atomic mass is 10.1. The summed E-state index contributed by atoms with van der Waals surface area (Å²) < 4.78 is 5.08. The monoisotopic (exact) mass is 191 g/mol. The smallest absolute Gasteiger partial charge is 0.118 e. The number of ether oxygens (including phenoxy) is 1. The summed E-state index contributed by atoms with van der Waals surface area (Å²) in [7, 11) is 1.66. The molecule has 1 aromatic rings. The molecule has 0 radical (unpaired) electrons. The van der Waals surface area contributed by atoms with Crippen LogP contribution in [0.25, 0.3) is 6.08 Å². The molecule has 0 aliphatic carbocycles. The minimum atomic E-state index is 0.108. The predicted octanol–water partition coefficient (Wildman–Crippen LogP) is 2.45. The van der Waals surface area contributed by atoms with Crippen molar-refractivity contribution in [3.63, 3.8) is 0 Å². The van der Waals surface area contributed by atoms with Gasteiger partial charge in [-0.25, -0.2) is 0 Å². The maximum absolute atomic E-state index is 5.75. The van der Waals surface area contributed by atoms with Crippen LogP contribution in [0.3, 0.4) is 0 Å². The summed E-state index contributed by atoms with van der Waals surface area (Å²) in [5, 5.41) is 0. The number of hydrogen-bond acceptors (Lipinski definition) is 2. The van der Waals surface area contributed by atoms with Crippen LogP contribution in [0, 0.1) is 0 Å². The molecule has 0 aromatic heterocycles. The zero-order valence-electron chi connectivity index (χ0n) is 8.95. The molecule has 0 aliphatic rings. The van der Waals surface area contributed by atoms with Gasteiger partial charge in [-0.1, -0.05) is 23.8 Å². The van der Waals surface area contributed by atoms with Gasteiger partial charge in [-0.2, -0.15) is 0 Å². The highest BCUT2D eigenvalue weighted by Crippen LogP contribution is 2.14. The summed E-state index contributed by atoms with van der Waals surface area (Å²) in [4.78, 5) is 0. The molecule has 2 heteroatoms. The first-order valence-electron chi connectivity index (χ1n) is 4.71. The van der Waals surface area contributed by atoms with Crippen LogP contribution in [0.1, 0.15) is 19.4 Å². The maximum atomic E-state index is 5.75. The molecule has 1 rings (SSSR count). The van der Waals surface area contributed by atoms with Crippen LogP contribution in [0.5, 0.6) is 5.75 Å². The third-order valence-corrected chi connectivity index (χ3v) is 2.23. The van der Waals surface area contributed by atoms with Gasteiger partial charge < -0.3 is 10.5 Å². The zero-order valence-corrected chi connectivity index (χ0v) is 8.95. The van der Waals surface area contributed by atoms with E-state index < -0.39 is 0 Å². The van der Waals surface area contributed by atoms with Crippen molar-refractivity contribution < 1.29 is 4.74 Å². The Kier molecular flexibility index (Phi) is 3.72. The lowest BCUT2D eigenvalue weighted by molar-refractivity contribution is 0.415.